The number of nitrogens with zero attached hydrogens (tertiary/aromatic N) is 8. The van der Waals surface area contributed by atoms with Gasteiger partial charge in [-0.3, -0.25) is 38.4 Å². The van der Waals surface area contributed by atoms with Crippen molar-refractivity contribution in [2.75, 3.05) is 27.2 Å². The van der Waals surface area contributed by atoms with E-state index in [9.17, 15) is 34.2 Å². The van der Waals surface area contributed by atoms with Crippen molar-refractivity contribution in [2.45, 2.75) is 167 Å². The molecule has 2 fully saturated rings. The Hall–Kier alpha value is -11.7. The van der Waals surface area contributed by atoms with Crippen molar-refractivity contribution in [3.8, 4) is 17.4 Å². The van der Waals surface area contributed by atoms with E-state index in [4.69, 9.17) is 9.47 Å². The molecule has 8 aromatic rings. The number of carbonyl (C=O) groups is 10. The van der Waals surface area contributed by atoms with Gasteiger partial charge >= 0.3 is 11.9 Å². The first-order valence-electron chi connectivity index (χ1n) is 35.9. The molecule has 2 saturated heterocycles. The zero-order valence-corrected chi connectivity index (χ0v) is 61.8. The molecule has 0 spiro atoms. The number of likely N-dealkylation sites (N-methyl/N-ethyl adjacent to an activating group) is 2. The number of ether oxygens (including phenoxy) is 2. The first kappa shape index (κ1) is 77.4. The molecule has 1 unspecified atom stereocenters. The number of rotatable bonds is 14. The molecule has 0 saturated carbocycles. The second-order valence-electron chi connectivity index (χ2n) is 30.0. The number of carboxylic acid groups (broad SMARTS) is 2. The van der Waals surface area contributed by atoms with Gasteiger partial charge in [-0.15, -0.1) is 5.10 Å². The number of hydrogen-bond acceptors (Lipinski definition) is 18. The fourth-order valence-corrected chi connectivity index (χ4v) is 13.6. The Labute approximate surface area is 623 Å². The topological polar surface area (TPSA) is 394 Å². The number of carbonyl (C=O) groups excluding carboxylic acids is 8. The van der Waals surface area contributed by atoms with Crippen molar-refractivity contribution < 1.29 is 67.6 Å². The number of likely N-dealkylation sites (tertiary alicyclic amines) is 2. The molecule has 14 rings (SSSR count). The molecule has 2 aromatic heterocycles. The Morgan fingerprint density at radius 1 is 0.546 bits per heavy atom. The minimum atomic E-state index is -1.70. The van der Waals surface area contributed by atoms with Crippen LogP contribution in [-0.4, -0.2) is 191 Å². The van der Waals surface area contributed by atoms with E-state index in [0.717, 1.165) is 21.5 Å². The molecule has 0 aliphatic carbocycles. The standard InChI is InChI=1S/C78H92N16O14/c1-43(79-9)67(95)85-65(77(3,4)5)73(101)91-39-54-36-61(91)72(100)82-59(35-47-20-24-49-16-12-14-18-52(49)32-47)70(98)84-64(76(105)106)50-25-29-57(30-26-50)108-63-41-94(90-88-63)55-37-62(92(40-55)74(102)66(78(6,7)8)86-68(96)44(2)80-10)71(99)81-58(34-46-19-23-48-15-11-13-17-51(48)31-46)69(97)83-60(75(103)104)33-45-21-27-56(28-22-45)107-42-53-38-93(54)89-87-53/h11-32,38,41,43-44,54-55,58-62,64-66,79-80H,33-37,39-40,42H2,1-10H3,(H,81,99)(H,82,100)(H,83,97)(H,84,98)(H,85,95)(H,86,96)(H,103,104)(H,105,106)/t43-,44-,54-,55-,58?,59-,60-,61-,62-,64-,65+,66+/m0/s1. The summed E-state index contributed by atoms with van der Waals surface area (Å²) < 4.78 is 15.3. The third-order valence-electron chi connectivity index (χ3n) is 20.1. The van der Waals surface area contributed by atoms with Crippen LogP contribution in [0.3, 0.4) is 0 Å². The van der Waals surface area contributed by atoms with Crippen LogP contribution < -0.4 is 52.0 Å². The van der Waals surface area contributed by atoms with Gasteiger partial charge in [0.2, 0.25) is 47.3 Å². The number of aliphatic carboxylic acids is 2. The predicted molar refractivity (Wildman–Crippen MR) is 396 cm³/mol. The lowest BCUT2D eigenvalue weighted by atomic mass is 9.85. The van der Waals surface area contributed by atoms with E-state index in [1.54, 1.807) is 112 Å². The predicted octanol–water partition coefficient (Wildman–Crippen LogP) is 4.63. The molecular weight excluding hydrogens is 1380 g/mol. The van der Waals surface area contributed by atoms with Gasteiger partial charge in [0.25, 0.3) is 5.88 Å². The van der Waals surface area contributed by atoms with Crippen molar-refractivity contribution >= 4 is 80.7 Å². The van der Waals surface area contributed by atoms with Crippen LogP contribution >= 0.6 is 0 Å². The molecule has 30 nitrogen and oxygen atoms in total. The Balaban J connectivity index is 0.948. The fraction of sp³-hybridized carbons (Fsp3) is 0.410. The smallest absolute Gasteiger partial charge is 0.330 e. The van der Waals surface area contributed by atoms with E-state index in [0.29, 0.717) is 28.1 Å². The average molecular weight is 1480 g/mol. The highest BCUT2D eigenvalue weighted by Crippen LogP contribution is 2.35. The fourth-order valence-electron chi connectivity index (χ4n) is 13.6. The lowest BCUT2D eigenvalue weighted by Gasteiger charge is -2.36. The quantitative estimate of drug-likeness (QED) is 0.0709. The van der Waals surface area contributed by atoms with Gasteiger partial charge < -0.3 is 72.0 Å². The number of aromatic nitrogens is 6. The van der Waals surface area contributed by atoms with Crippen LogP contribution in [0.2, 0.25) is 0 Å². The third-order valence-corrected chi connectivity index (χ3v) is 20.1. The van der Waals surface area contributed by atoms with Gasteiger partial charge in [0, 0.05) is 45.2 Å². The Kier molecular flexibility index (Phi) is 23.7. The third kappa shape index (κ3) is 18.4. The number of fused-ring (bicyclic) bond motifs is 2. The van der Waals surface area contributed by atoms with Crippen LogP contribution in [0.5, 0.6) is 17.4 Å². The van der Waals surface area contributed by atoms with Gasteiger partial charge in [-0.1, -0.05) is 166 Å². The van der Waals surface area contributed by atoms with Crippen molar-refractivity contribution in [1.29, 1.82) is 0 Å². The second-order valence-corrected chi connectivity index (χ2v) is 30.0. The minimum absolute atomic E-state index is 0.0530. The van der Waals surface area contributed by atoms with E-state index in [1.165, 1.54) is 49.6 Å². The van der Waals surface area contributed by atoms with E-state index in [-0.39, 0.29) is 69.0 Å². The lowest BCUT2D eigenvalue weighted by Crippen LogP contribution is -2.60. The molecule has 8 heterocycles. The first-order valence-corrected chi connectivity index (χ1v) is 35.9. The number of nitrogens with one attached hydrogen (secondary N) is 8. The largest absolute Gasteiger partial charge is 0.487 e. The van der Waals surface area contributed by atoms with Gasteiger partial charge in [-0.05, 0) is 107 Å². The zero-order chi connectivity index (χ0) is 77.5. The molecule has 10 N–H and O–H groups in total. The van der Waals surface area contributed by atoms with Crippen LogP contribution in [0.4, 0.5) is 0 Å². The van der Waals surface area contributed by atoms with Crippen molar-refractivity contribution in [3.05, 3.63) is 174 Å². The van der Waals surface area contributed by atoms with Crippen LogP contribution in [-0.2, 0) is 73.8 Å². The summed E-state index contributed by atoms with van der Waals surface area (Å²) in [5, 5.41) is 65.2. The Morgan fingerprint density at radius 3 is 1.48 bits per heavy atom. The number of carboxylic acids is 2. The van der Waals surface area contributed by atoms with Gasteiger partial charge in [-0.25, -0.2) is 19.0 Å². The van der Waals surface area contributed by atoms with Crippen LogP contribution in [0.25, 0.3) is 21.5 Å². The highest BCUT2D eigenvalue weighted by molar-refractivity contribution is 5.98. The van der Waals surface area contributed by atoms with E-state index < -0.39 is 143 Å². The molecule has 568 valence electrons. The van der Waals surface area contributed by atoms with E-state index in [2.05, 4.69) is 63.2 Å². The second kappa shape index (κ2) is 33.0. The van der Waals surface area contributed by atoms with Gasteiger partial charge in [0.05, 0.1) is 36.6 Å². The lowest BCUT2D eigenvalue weighted by molar-refractivity contribution is -0.145. The minimum Gasteiger partial charge on any atom is -0.487 e. The van der Waals surface area contributed by atoms with Crippen LogP contribution in [0.1, 0.15) is 114 Å². The number of amides is 8. The molecule has 8 amide bonds. The molecule has 6 aromatic carbocycles. The van der Waals surface area contributed by atoms with Gasteiger partial charge in [0.15, 0.2) is 6.04 Å². The monoisotopic (exact) mass is 1480 g/mol. The van der Waals surface area contributed by atoms with Gasteiger partial charge in [-0.2, -0.15) is 0 Å². The molecule has 30 heteroatoms. The zero-order valence-electron chi connectivity index (χ0n) is 61.8. The molecule has 6 aliphatic heterocycles. The summed E-state index contributed by atoms with van der Waals surface area (Å²) in [5.74, 6) is -7.77. The van der Waals surface area contributed by atoms with Crippen LogP contribution in [0.15, 0.2) is 146 Å². The maximum absolute atomic E-state index is 15.3. The maximum atomic E-state index is 15.3. The maximum Gasteiger partial charge on any atom is 0.330 e. The summed E-state index contributed by atoms with van der Waals surface area (Å²) in [6, 6.07) is 24.5. The average Bonchev–Trinajstić information content (AvgIpc) is 1.63. The first-order chi connectivity index (χ1) is 51.4. The molecule has 12 atom stereocenters. The number of benzene rings is 6. The van der Waals surface area contributed by atoms with Crippen molar-refractivity contribution in [3.63, 3.8) is 0 Å². The summed E-state index contributed by atoms with van der Waals surface area (Å²) in [6.07, 6.45) is 2.44. The molecule has 0 radical (unpaired) electrons. The van der Waals surface area contributed by atoms with Crippen molar-refractivity contribution in [2.24, 2.45) is 10.8 Å². The SMILES string of the molecule is CN[C@@H](C)C(=O)N[C@H](C(=O)N1C[C@@H]2C[C@H]1C(=O)NC(Cc1ccc3ccccc3c1)C(=O)N[C@H](C(=O)O)Cc1ccc(cc1)OCc1cn(nn1)[C@H]1C[C@@H](C(=O)N[C@@H](Cc3ccc4ccccc4c3)C(=O)N[C@H](C(=O)O)c3ccc(cc3)Oc3cn2nn3)N(C(=O)[C@@H](NC(=O)[C@H](C)NC)C(C)(C)C)C1)C(C)(C)C. The summed E-state index contributed by atoms with van der Waals surface area (Å²) in [6.45, 7) is 13.5. The molecule has 108 heavy (non-hydrogen) atoms. The van der Waals surface area contributed by atoms with E-state index >= 15 is 24.0 Å². The van der Waals surface area contributed by atoms with Crippen LogP contribution in [0, 0.1) is 10.8 Å². The Morgan fingerprint density at radius 2 is 1.01 bits per heavy atom. The summed E-state index contributed by atoms with van der Waals surface area (Å²) in [4.78, 5) is 147. The molecule has 6 aliphatic rings. The van der Waals surface area contributed by atoms with E-state index in [1.807, 2.05) is 72.8 Å². The van der Waals surface area contributed by atoms with Gasteiger partial charge in [0.1, 0.15) is 66.1 Å². The summed E-state index contributed by atoms with van der Waals surface area (Å²) in [5.41, 5.74) is 0.353. The number of hydrogen-bond donors (Lipinski definition) is 10. The Bertz CT molecular complexity index is 4670. The highest BCUT2D eigenvalue weighted by atomic mass is 16.5. The molecule has 12 bridgehead atoms. The summed E-state index contributed by atoms with van der Waals surface area (Å²) in [7, 11) is 3.20. The van der Waals surface area contributed by atoms with Crippen molar-refractivity contribution in [1.82, 2.24) is 82.3 Å². The highest BCUT2D eigenvalue weighted by Gasteiger charge is 2.49. The normalized spacial score (nSPS) is 21.6. The molecular formula is C78H92N16O14. The summed E-state index contributed by atoms with van der Waals surface area (Å²) >= 11 is 0.